The van der Waals surface area contributed by atoms with Crippen LogP contribution in [-0.2, 0) is 0 Å². The number of hydrogen-bond donors (Lipinski definition) is 0. The molecule has 0 saturated heterocycles. The summed E-state index contributed by atoms with van der Waals surface area (Å²) in [5.74, 6) is 0. The van der Waals surface area contributed by atoms with Crippen LogP contribution in [0.15, 0.2) is 59.7 Å². The molecule has 0 bridgehead atoms. The minimum Gasteiger partial charge on any atom is -0.0679 e. The summed E-state index contributed by atoms with van der Waals surface area (Å²) >= 11 is 0. The number of benzene rings is 2. The van der Waals surface area contributed by atoms with Gasteiger partial charge in [0, 0.05) is 11.1 Å². The molecule has 2 aliphatic carbocycles. The van der Waals surface area contributed by atoms with Gasteiger partial charge in [-0.15, -0.1) is 0 Å². The average molecular weight is 317 g/mol. The van der Waals surface area contributed by atoms with Crippen molar-refractivity contribution in [3.63, 3.8) is 0 Å². The van der Waals surface area contributed by atoms with Crippen LogP contribution in [0.1, 0.15) is 47.2 Å². The molecule has 0 radical (unpaired) electrons. The Bertz CT molecular complexity index is 769. The van der Waals surface area contributed by atoms with E-state index in [1.54, 1.807) is 22.3 Å². The molecule has 0 unspecified atom stereocenters. The lowest BCUT2D eigenvalue weighted by Crippen LogP contribution is -2.42. The van der Waals surface area contributed by atoms with E-state index < -0.39 is 8.07 Å². The van der Waals surface area contributed by atoms with Crippen LogP contribution in [0.3, 0.4) is 0 Å². The van der Waals surface area contributed by atoms with E-state index in [0.29, 0.717) is 11.1 Å². The Balaban J connectivity index is 1.84. The monoisotopic (exact) mass is 316 g/mol. The average Bonchev–Trinajstić information content (AvgIpc) is 3.02. The molecule has 0 nitrogen and oxygen atoms in total. The second kappa shape index (κ2) is 5.07. The number of fused-ring (bicyclic) bond motifs is 2. The van der Waals surface area contributed by atoms with Crippen molar-refractivity contribution in [3.05, 3.63) is 81.9 Å². The van der Waals surface area contributed by atoms with Crippen molar-refractivity contribution in [2.24, 2.45) is 0 Å². The summed E-state index contributed by atoms with van der Waals surface area (Å²) in [6, 6.07) is 18.0. The fraction of sp³-hybridized carbons (Fsp3) is 0.273. The summed E-state index contributed by atoms with van der Waals surface area (Å²) in [5.41, 5.74) is 10.3. The van der Waals surface area contributed by atoms with E-state index in [9.17, 15) is 0 Å². The quantitative estimate of drug-likeness (QED) is 0.581. The highest BCUT2D eigenvalue weighted by molar-refractivity contribution is 6.81. The van der Waals surface area contributed by atoms with E-state index in [1.165, 1.54) is 11.1 Å². The number of hydrogen-bond acceptors (Lipinski definition) is 0. The van der Waals surface area contributed by atoms with Crippen molar-refractivity contribution in [2.45, 2.75) is 38.0 Å². The molecule has 4 rings (SSSR count). The smallest absolute Gasteiger partial charge is 0.0679 e. The van der Waals surface area contributed by atoms with Crippen molar-refractivity contribution in [1.29, 1.82) is 0 Å². The minimum absolute atomic E-state index is 0.623. The van der Waals surface area contributed by atoms with Crippen LogP contribution < -0.4 is 0 Å². The molecule has 1 heteroatoms. The van der Waals surface area contributed by atoms with Gasteiger partial charge in [-0.3, -0.25) is 0 Å². The summed E-state index contributed by atoms with van der Waals surface area (Å²) in [7, 11) is -1.60. The van der Waals surface area contributed by atoms with Gasteiger partial charge in [-0.25, -0.2) is 0 Å². The van der Waals surface area contributed by atoms with E-state index >= 15 is 0 Å². The Morgan fingerprint density at radius 2 is 1.04 bits per heavy atom. The molecule has 0 aromatic heterocycles. The molecular weight excluding hydrogens is 292 g/mol. The zero-order valence-corrected chi connectivity index (χ0v) is 15.4. The molecule has 0 heterocycles. The van der Waals surface area contributed by atoms with Gasteiger partial charge >= 0.3 is 0 Å². The first-order chi connectivity index (χ1) is 11.0. The molecule has 2 aromatic rings. The standard InChI is InChI=1S/C22H24Si/c1-15-13-17-9-5-7-11-19(17)21(15)23(3,4)22-16(2)14-18-10-6-8-12-20(18)22/h5-14,21-22H,1-4H3/t21-,22-/m0/s1. The predicted octanol–water partition coefficient (Wildman–Crippen LogP) is 6.17. The third-order valence-electron chi connectivity index (χ3n) is 5.78. The Morgan fingerprint density at radius 1 is 0.652 bits per heavy atom. The Hall–Kier alpha value is -1.86. The Kier molecular flexibility index (Phi) is 3.24. The normalized spacial score (nSPS) is 22.4. The Labute approximate surface area is 140 Å². The highest BCUT2D eigenvalue weighted by Gasteiger charge is 2.46. The number of rotatable bonds is 2. The lowest BCUT2D eigenvalue weighted by molar-refractivity contribution is 0.968. The van der Waals surface area contributed by atoms with Gasteiger partial charge in [-0.1, -0.05) is 84.9 Å². The van der Waals surface area contributed by atoms with Crippen molar-refractivity contribution in [3.8, 4) is 0 Å². The number of allylic oxidation sites excluding steroid dienone is 2. The molecule has 2 atom stereocenters. The maximum Gasteiger partial charge on any atom is 0.0722 e. The van der Waals surface area contributed by atoms with E-state index in [4.69, 9.17) is 0 Å². The first kappa shape index (κ1) is 14.7. The maximum absolute atomic E-state index is 2.58. The zero-order chi connectivity index (χ0) is 16.2. The molecule has 0 aliphatic heterocycles. The van der Waals surface area contributed by atoms with Crippen molar-refractivity contribution >= 4 is 20.2 Å². The third kappa shape index (κ3) is 2.10. The largest absolute Gasteiger partial charge is 0.0722 e. The Morgan fingerprint density at radius 3 is 1.48 bits per heavy atom. The molecule has 2 aromatic carbocycles. The van der Waals surface area contributed by atoms with Gasteiger partial charge in [-0.2, -0.15) is 0 Å². The van der Waals surface area contributed by atoms with Crippen LogP contribution in [0, 0.1) is 0 Å². The summed E-state index contributed by atoms with van der Waals surface area (Å²) in [4.78, 5) is 0. The summed E-state index contributed by atoms with van der Waals surface area (Å²) in [5, 5.41) is 0. The topological polar surface area (TPSA) is 0 Å². The third-order valence-corrected chi connectivity index (χ3v) is 10.3. The molecule has 0 fully saturated rings. The summed E-state index contributed by atoms with van der Waals surface area (Å²) in [6.07, 6.45) is 4.82. The van der Waals surface area contributed by atoms with Gasteiger partial charge in [0.1, 0.15) is 0 Å². The second-order valence-corrected chi connectivity index (χ2v) is 12.5. The molecular formula is C22H24Si. The predicted molar refractivity (Wildman–Crippen MR) is 103 cm³/mol. The van der Waals surface area contributed by atoms with Gasteiger partial charge in [0.25, 0.3) is 0 Å². The highest BCUT2D eigenvalue weighted by atomic mass is 28.3. The SMILES string of the molecule is CC1=Cc2ccccc2[C@H]1[Si](C)(C)[C@H]1C(C)=Cc2ccccc21. The van der Waals surface area contributed by atoms with Crippen molar-refractivity contribution in [2.75, 3.05) is 0 Å². The van der Waals surface area contributed by atoms with E-state index in [2.05, 4.69) is 87.6 Å². The van der Waals surface area contributed by atoms with Gasteiger partial charge in [0.15, 0.2) is 0 Å². The van der Waals surface area contributed by atoms with Crippen molar-refractivity contribution in [1.82, 2.24) is 0 Å². The van der Waals surface area contributed by atoms with Crippen molar-refractivity contribution < 1.29 is 0 Å². The van der Waals surface area contributed by atoms with Crippen LogP contribution in [0.5, 0.6) is 0 Å². The van der Waals surface area contributed by atoms with Crippen LogP contribution in [0.25, 0.3) is 12.2 Å². The van der Waals surface area contributed by atoms with Gasteiger partial charge in [0.05, 0.1) is 8.07 Å². The molecule has 0 saturated carbocycles. The lowest BCUT2D eigenvalue weighted by atomic mass is 10.1. The van der Waals surface area contributed by atoms with E-state index in [1.807, 2.05) is 0 Å². The lowest BCUT2D eigenvalue weighted by Gasteiger charge is -2.39. The molecule has 2 aliphatic rings. The van der Waals surface area contributed by atoms with Crippen LogP contribution >= 0.6 is 0 Å². The maximum atomic E-state index is 2.58. The molecule has 116 valence electrons. The zero-order valence-electron chi connectivity index (χ0n) is 14.4. The van der Waals surface area contributed by atoms with Gasteiger partial charge < -0.3 is 0 Å². The second-order valence-electron chi connectivity index (χ2n) is 7.72. The van der Waals surface area contributed by atoms with Crippen LogP contribution in [0.2, 0.25) is 13.1 Å². The van der Waals surface area contributed by atoms with Gasteiger partial charge in [0.2, 0.25) is 0 Å². The highest BCUT2D eigenvalue weighted by Crippen LogP contribution is 2.51. The van der Waals surface area contributed by atoms with E-state index in [-0.39, 0.29) is 0 Å². The summed E-state index contributed by atoms with van der Waals surface area (Å²) < 4.78 is 0. The van der Waals surface area contributed by atoms with Crippen LogP contribution in [0.4, 0.5) is 0 Å². The van der Waals surface area contributed by atoms with Gasteiger partial charge in [-0.05, 0) is 36.1 Å². The first-order valence-corrected chi connectivity index (χ1v) is 11.7. The molecule has 0 amide bonds. The molecule has 23 heavy (non-hydrogen) atoms. The molecule has 0 N–H and O–H groups in total. The van der Waals surface area contributed by atoms with Crippen LogP contribution in [-0.4, -0.2) is 8.07 Å². The van der Waals surface area contributed by atoms with E-state index in [0.717, 1.165) is 0 Å². The fourth-order valence-electron chi connectivity index (χ4n) is 5.10. The minimum atomic E-state index is -1.60. The molecule has 0 spiro atoms. The summed E-state index contributed by atoms with van der Waals surface area (Å²) in [6.45, 7) is 9.83. The fourth-order valence-corrected chi connectivity index (χ4v) is 10.1. The first-order valence-electron chi connectivity index (χ1n) is 8.54.